The van der Waals surface area contributed by atoms with E-state index in [1.807, 2.05) is 31.2 Å². The van der Waals surface area contributed by atoms with Gasteiger partial charge in [-0.25, -0.2) is 0 Å². The molecule has 0 bridgehead atoms. The third kappa shape index (κ3) is 5.41. The molecule has 140 valence electrons. The van der Waals surface area contributed by atoms with Crippen LogP contribution in [0.3, 0.4) is 0 Å². The van der Waals surface area contributed by atoms with Crippen LogP contribution in [-0.4, -0.2) is 32.8 Å². The van der Waals surface area contributed by atoms with Crippen LogP contribution in [0.1, 0.15) is 31.0 Å². The maximum atomic E-state index is 5.97. The van der Waals surface area contributed by atoms with Gasteiger partial charge in [0, 0.05) is 7.05 Å². The zero-order valence-electron chi connectivity index (χ0n) is 16.2. The van der Waals surface area contributed by atoms with Gasteiger partial charge in [-0.05, 0) is 44.0 Å². The number of ether oxygens (including phenoxy) is 2. The number of nitrogens with one attached hydrogen (secondary N) is 2. The highest BCUT2D eigenvalue weighted by molar-refractivity contribution is 5.80. The predicted molar refractivity (Wildman–Crippen MR) is 107 cm³/mol. The van der Waals surface area contributed by atoms with Crippen molar-refractivity contribution in [3.05, 3.63) is 59.7 Å². The van der Waals surface area contributed by atoms with Gasteiger partial charge in [-0.2, -0.15) is 0 Å². The van der Waals surface area contributed by atoms with Crippen LogP contribution in [0.25, 0.3) is 0 Å². The Balaban J connectivity index is 1.89. The summed E-state index contributed by atoms with van der Waals surface area (Å²) < 4.78 is 11.3. The van der Waals surface area contributed by atoms with Crippen molar-refractivity contribution < 1.29 is 9.47 Å². The van der Waals surface area contributed by atoms with Crippen LogP contribution < -0.4 is 20.1 Å². The first-order valence-corrected chi connectivity index (χ1v) is 8.87. The fraction of sp³-hybridized carbons (Fsp3) is 0.381. The molecule has 2 N–H and O–H groups in total. The highest BCUT2D eigenvalue weighted by atomic mass is 16.5. The van der Waals surface area contributed by atoms with E-state index < -0.39 is 0 Å². The summed E-state index contributed by atoms with van der Waals surface area (Å²) >= 11 is 0. The molecular formula is C21H29N3O2. The van der Waals surface area contributed by atoms with Gasteiger partial charge in [0.25, 0.3) is 0 Å². The monoisotopic (exact) mass is 355 g/mol. The number of para-hydroxylation sites is 2. The van der Waals surface area contributed by atoms with E-state index in [0.29, 0.717) is 6.54 Å². The third-order valence-corrected chi connectivity index (χ3v) is 4.19. The van der Waals surface area contributed by atoms with E-state index in [1.54, 1.807) is 14.2 Å². The van der Waals surface area contributed by atoms with Crippen LogP contribution in [0, 0.1) is 6.92 Å². The lowest BCUT2D eigenvalue weighted by Gasteiger charge is -2.22. The summed E-state index contributed by atoms with van der Waals surface area (Å²) in [4.78, 5) is 4.31. The number of methoxy groups -OCH3 is 1. The summed E-state index contributed by atoms with van der Waals surface area (Å²) in [7, 11) is 3.41. The molecule has 0 saturated carbocycles. The minimum atomic E-state index is -0.0429. The SMILES string of the molecule is CN=C(NCC(C)Oc1ccccc1OC)NC(C)c1ccccc1C. The van der Waals surface area contributed by atoms with E-state index in [1.165, 1.54) is 11.1 Å². The van der Waals surface area contributed by atoms with Gasteiger partial charge in [0.2, 0.25) is 0 Å². The zero-order valence-corrected chi connectivity index (χ0v) is 16.2. The van der Waals surface area contributed by atoms with Gasteiger partial charge >= 0.3 is 0 Å². The van der Waals surface area contributed by atoms with Crippen molar-refractivity contribution in [3.8, 4) is 11.5 Å². The van der Waals surface area contributed by atoms with Gasteiger partial charge in [-0.15, -0.1) is 0 Å². The Hall–Kier alpha value is -2.69. The Morgan fingerprint density at radius 3 is 2.35 bits per heavy atom. The van der Waals surface area contributed by atoms with Crippen LogP contribution in [0.5, 0.6) is 11.5 Å². The topological polar surface area (TPSA) is 54.9 Å². The van der Waals surface area contributed by atoms with Gasteiger partial charge in [-0.3, -0.25) is 4.99 Å². The van der Waals surface area contributed by atoms with Crippen LogP contribution in [-0.2, 0) is 0 Å². The third-order valence-electron chi connectivity index (χ3n) is 4.19. The number of rotatable bonds is 7. The molecule has 0 heterocycles. The van der Waals surface area contributed by atoms with Crippen molar-refractivity contribution in [3.63, 3.8) is 0 Å². The van der Waals surface area contributed by atoms with Crippen LogP contribution in [0.15, 0.2) is 53.5 Å². The van der Waals surface area contributed by atoms with Gasteiger partial charge in [0.05, 0.1) is 19.7 Å². The molecule has 0 fully saturated rings. The molecule has 5 heteroatoms. The molecule has 0 amide bonds. The van der Waals surface area contributed by atoms with Crippen molar-refractivity contribution in [2.75, 3.05) is 20.7 Å². The second-order valence-electron chi connectivity index (χ2n) is 6.26. The summed E-state index contributed by atoms with van der Waals surface area (Å²) in [5.74, 6) is 2.21. The Morgan fingerprint density at radius 1 is 1.04 bits per heavy atom. The standard InChI is InChI=1S/C21H29N3O2/c1-15-10-6-7-11-18(15)17(3)24-21(22-4)23-14-16(2)26-20-13-9-8-12-19(20)25-5/h6-13,16-17H,14H2,1-5H3,(H2,22,23,24). The lowest BCUT2D eigenvalue weighted by atomic mass is 10.0. The molecule has 2 atom stereocenters. The maximum absolute atomic E-state index is 5.97. The normalized spacial score (nSPS) is 13.7. The molecule has 2 aromatic rings. The lowest BCUT2D eigenvalue weighted by molar-refractivity contribution is 0.213. The second kappa shape index (κ2) is 9.70. The van der Waals surface area contributed by atoms with Crippen molar-refractivity contribution in [2.45, 2.75) is 32.9 Å². The van der Waals surface area contributed by atoms with Gasteiger partial charge in [0.15, 0.2) is 17.5 Å². The minimum absolute atomic E-state index is 0.0429. The maximum Gasteiger partial charge on any atom is 0.191 e. The first-order valence-electron chi connectivity index (χ1n) is 8.87. The van der Waals surface area contributed by atoms with Gasteiger partial charge in [-0.1, -0.05) is 36.4 Å². The first-order chi connectivity index (χ1) is 12.5. The number of aliphatic imine (C=N–C) groups is 1. The van der Waals surface area contributed by atoms with E-state index in [-0.39, 0.29) is 12.1 Å². The molecule has 2 rings (SSSR count). The van der Waals surface area contributed by atoms with Crippen molar-refractivity contribution in [1.82, 2.24) is 10.6 Å². The van der Waals surface area contributed by atoms with Crippen LogP contribution >= 0.6 is 0 Å². The Morgan fingerprint density at radius 2 is 1.69 bits per heavy atom. The molecule has 0 aliphatic carbocycles. The van der Waals surface area contributed by atoms with Crippen LogP contribution in [0.4, 0.5) is 0 Å². The summed E-state index contributed by atoms with van der Waals surface area (Å²) in [5.41, 5.74) is 2.52. The summed E-state index contributed by atoms with van der Waals surface area (Å²) in [6.07, 6.45) is -0.0429. The zero-order chi connectivity index (χ0) is 18.9. The molecule has 5 nitrogen and oxygen atoms in total. The summed E-state index contributed by atoms with van der Waals surface area (Å²) in [5, 5.41) is 6.74. The smallest absolute Gasteiger partial charge is 0.191 e. The molecule has 26 heavy (non-hydrogen) atoms. The molecule has 0 radical (unpaired) electrons. The average molecular weight is 355 g/mol. The number of aryl methyl sites for hydroxylation is 1. The molecular weight excluding hydrogens is 326 g/mol. The molecule has 0 aliphatic rings. The first kappa shape index (κ1) is 19.6. The minimum Gasteiger partial charge on any atom is -0.493 e. The average Bonchev–Trinajstić information content (AvgIpc) is 2.65. The van der Waals surface area contributed by atoms with Crippen molar-refractivity contribution in [1.29, 1.82) is 0 Å². The molecule has 2 unspecified atom stereocenters. The fourth-order valence-electron chi connectivity index (χ4n) is 2.77. The molecule has 0 saturated heterocycles. The number of guanidine groups is 1. The van der Waals surface area contributed by atoms with E-state index in [9.17, 15) is 0 Å². The molecule has 0 spiro atoms. The summed E-state index contributed by atoms with van der Waals surface area (Å²) in [6, 6.07) is 16.2. The van der Waals surface area contributed by atoms with Gasteiger partial charge < -0.3 is 20.1 Å². The lowest BCUT2D eigenvalue weighted by Crippen LogP contribution is -2.42. The number of nitrogens with zero attached hydrogens (tertiary/aromatic N) is 1. The van der Waals surface area contributed by atoms with E-state index in [2.05, 4.69) is 53.7 Å². The van der Waals surface area contributed by atoms with E-state index >= 15 is 0 Å². The van der Waals surface area contributed by atoms with E-state index in [4.69, 9.17) is 9.47 Å². The molecule has 0 aromatic heterocycles. The highest BCUT2D eigenvalue weighted by Crippen LogP contribution is 2.26. The fourth-order valence-corrected chi connectivity index (χ4v) is 2.77. The summed E-state index contributed by atoms with van der Waals surface area (Å²) in [6.45, 7) is 6.88. The predicted octanol–water partition coefficient (Wildman–Crippen LogP) is 3.70. The number of hydrogen-bond donors (Lipinski definition) is 2. The van der Waals surface area contributed by atoms with Gasteiger partial charge in [0.1, 0.15) is 6.10 Å². The Kier molecular flexibility index (Phi) is 7.33. The van der Waals surface area contributed by atoms with Crippen molar-refractivity contribution >= 4 is 5.96 Å². The Bertz CT molecular complexity index is 731. The number of hydrogen-bond acceptors (Lipinski definition) is 3. The quantitative estimate of drug-likeness (QED) is 0.587. The highest BCUT2D eigenvalue weighted by Gasteiger charge is 2.12. The van der Waals surface area contributed by atoms with Crippen LogP contribution in [0.2, 0.25) is 0 Å². The number of benzene rings is 2. The Labute approximate surface area is 156 Å². The largest absolute Gasteiger partial charge is 0.493 e. The van der Waals surface area contributed by atoms with Crippen molar-refractivity contribution in [2.24, 2.45) is 4.99 Å². The second-order valence-corrected chi connectivity index (χ2v) is 6.26. The molecule has 2 aromatic carbocycles. The molecule has 0 aliphatic heterocycles. The van der Waals surface area contributed by atoms with E-state index in [0.717, 1.165) is 17.5 Å².